The summed E-state index contributed by atoms with van der Waals surface area (Å²) < 4.78 is 22.2. The van der Waals surface area contributed by atoms with Gasteiger partial charge in [-0.2, -0.15) is 0 Å². The van der Waals surface area contributed by atoms with Gasteiger partial charge in [0.25, 0.3) is 0 Å². The third-order valence-corrected chi connectivity index (χ3v) is 3.27. The van der Waals surface area contributed by atoms with Crippen LogP contribution in [0.15, 0.2) is 29.2 Å². The van der Waals surface area contributed by atoms with E-state index >= 15 is 0 Å². The number of sulfonamides is 1. The highest BCUT2D eigenvalue weighted by Gasteiger charge is 2.19. The molecule has 6 nitrogen and oxygen atoms in total. The molecule has 6 N–H and O–H groups in total. The third-order valence-electron chi connectivity index (χ3n) is 2.36. The molecule has 0 saturated carbocycles. The van der Waals surface area contributed by atoms with Crippen LogP contribution in [-0.4, -0.2) is 31.3 Å². The molecule has 1 aromatic carbocycles. The van der Waals surface area contributed by atoms with E-state index in [0.29, 0.717) is 0 Å². The summed E-state index contributed by atoms with van der Waals surface area (Å²) in [4.78, 5) is -0.103. The molecule has 0 aromatic heterocycles. The number of benzene rings is 1. The van der Waals surface area contributed by atoms with E-state index in [1.807, 2.05) is 0 Å². The molecule has 7 heteroatoms. The fourth-order valence-electron chi connectivity index (χ4n) is 1.43. The zero-order valence-corrected chi connectivity index (χ0v) is 9.97. The minimum Gasteiger partial charge on any atom is -0.390 e. The fourth-order valence-corrected chi connectivity index (χ4v) is 1.99. The molecule has 0 bridgehead atoms. The monoisotopic (exact) mass is 260 g/mol. The second-order valence-corrected chi connectivity index (χ2v) is 5.27. The largest absolute Gasteiger partial charge is 0.390 e. The molecule has 2 atom stereocenters. The van der Waals surface area contributed by atoms with E-state index in [1.54, 1.807) is 0 Å². The molecular weight excluding hydrogens is 244 g/mol. The SMILES string of the molecule is NCCC(O)C(O)c1cccc(S(N)(=O)=O)c1. The molecule has 1 rings (SSSR count). The van der Waals surface area contributed by atoms with Crippen LogP contribution in [0.4, 0.5) is 0 Å². The zero-order chi connectivity index (χ0) is 13.1. The number of rotatable bonds is 5. The van der Waals surface area contributed by atoms with Crippen molar-refractivity contribution in [2.45, 2.75) is 23.5 Å². The molecule has 0 spiro atoms. The summed E-state index contributed by atoms with van der Waals surface area (Å²) in [5.74, 6) is 0. The molecule has 96 valence electrons. The average molecular weight is 260 g/mol. The van der Waals surface area contributed by atoms with E-state index in [-0.39, 0.29) is 23.4 Å². The second kappa shape index (κ2) is 5.56. The van der Waals surface area contributed by atoms with Crippen LogP contribution in [0.2, 0.25) is 0 Å². The Morgan fingerprint density at radius 3 is 2.47 bits per heavy atom. The number of hydrogen-bond donors (Lipinski definition) is 4. The van der Waals surface area contributed by atoms with Crippen molar-refractivity contribution in [3.63, 3.8) is 0 Å². The van der Waals surface area contributed by atoms with Crippen LogP contribution in [0, 0.1) is 0 Å². The van der Waals surface area contributed by atoms with Gasteiger partial charge in [-0.25, -0.2) is 13.6 Å². The lowest BCUT2D eigenvalue weighted by atomic mass is 10.0. The van der Waals surface area contributed by atoms with Gasteiger partial charge < -0.3 is 15.9 Å². The molecule has 0 saturated heterocycles. The first-order chi connectivity index (χ1) is 7.86. The van der Waals surface area contributed by atoms with Gasteiger partial charge in [-0.3, -0.25) is 0 Å². The highest BCUT2D eigenvalue weighted by atomic mass is 32.2. The first kappa shape index (κ1) is 14.1. The summed E-state index contributed by atoms with van der Waals surface area (Å²) in [6, 6.07) is 5.52. The van der Waals surface area contributed by atoms with Gasteiger partial charge in [-0.1, -0.05) is 12.1 Å². The summed E-state index contributed by atoms with van der Waals surface area (Å²) in [5.41, 5.74) is 5.55. The number of hydrogen-bond acceptors (Lipinski definition) is 5. The number of primary sulfonamides is 1. The molecule has 0 aliphatic rings. The Kier molecular flexibility index (Phi) is 4.61. The highest BCUT2D eigenvalue weighted by molar-refractivity contribution is 7.89. The van der Waals surface area contributed by atoms with Crippen molar-refractivity contribution < 1.29 is 18.6 Å². The van der Waals surface area contributed by atoms with Crippen molar-refractivity contribution in [1.82, 2.24) is 0 Å². The van der Waals surface area contributed by atoms with Gasteiger partial charge in [-0.15, -0.1) is 0 Å². The van der Waals surface area contributed by atoms with Crippen LogP contribution in [0.5, 0.6) is 0 Å². The van der Waals surface area contributed by atoms with Crippen molar-refractivity contribution in [2.24, 2.45) is 10.9 Å². The van der Waals surface area contributed by atoms with Gasteiger partial charge in [0, 0.05) is 0 Å². The summed E-state index contributed by atoms with van der Waals surface area (Å²) in [6.07, 6.45) is -1.99. The van der Waals surface area contributed by atoms with Crippen LogP contribution >= 0.6 is 0 Å². The van der Waals surface area contributed by atoms with Crippen molar-refractivity contribution in [3.8, 4) is 0 Å². The molecular formula is C10H16N2O4S. The van der Waals surface area contributed by atoms with Crippen molar-refractivity contribution in [1.29, 1.82) is 0 Å². The first-order valence-electron chi connectivity index (χ1n) is 5.05. The maximum atomic E-state index is 11.1. The summed E-state index contributed by atoms with van der Waals surface area (Å²) in [7, 11) is -3.81. The van der Waals surface area contributed by atoms with Gasteiger partial charge in [-0.05, 0) is 30.7 Å². The lowest BCUT2D eigenvalue weighted by Crippen LogP contribution is -2.22. The molecule has 0 amide bonds. The fraction of sp³-hybridized carbons (Fsp3) is 0.400. The minimum atomic E-state index is -3.81. The molecule has 0 fully saturated rings. The molecule has 0 heterocycles. The van der Waals surface area contributed by atoms with Gasteiger partial charge in [0.1, 0.15) is 6.10 Å². The van der Waals surface area contributed by atoms with Crippen LogP contribution in [0.3, 0.4) is 0 Å². The summed E-state index contributed by atoms with van der Waals surface area (Å²) >= 11 is 0. The Hall–Kier alpha value is -0.990. The second-order valence-electron chi connectivity index (χ2n) is 3.71. The zero-order valence-electron chi connectivity index (χ0n) is 9.15. The maximum absolute atomic E-state index is 11.1. The summed E-state index contributed by atoms with van der Waals surface area (Å²) in [6.45, 7) is 0.229. The molecule has 0 aliphatic carbocycles. The molecule has 1 aromatic rings. The Morgan fingerprint density at radius 1 is 1.29 bits per heavy atom. The lowest BCUT2D eigenvalue weighted by molar-refractivity contribution is 0.0149. The molecule has 0 aliphatic heterocycles. The van der Waals surface area contributed by atoms with Gasteiger partial charge in [0.15, 0.2) is 0 Å². The van der Waals surface area contributed by atoms with E-state index in [9.17, 15) is 18.6 Å². The number of nitrogens with two attached hydrogens (primary N) is 2. The Labute approximate surface area is 99.9 Å². The Bertz CT molecular complexity index is 475. The van der Waals surface area contributed by atoms with E-state index in [0.717, 1.165) is 0 Å². The van der Waals surface area contributed by atoms with Crippen LogP contribution in [0.1, 0.15) is 18.1 Å². The molecule has 2 unspecified atom stereocenters. The number of aliphatic hydroxyl groups excluding tert-OH is 2. The lowest BCUT2D eigenvalue weighted by Gasteiger charge is -2.17. The summed E-state index contributed by atoms with van der Waals surface area (Å²) in [5, 5.41) is 24.3. The van der Waals surface area contributed by atoms with Gasteiger partial charge >= 0.3 is 0 Å². The van der Waals surface area contributed by atoms with Crippen LogP contribution < -0.4 is 10.9 Å². The van der Waals surface area contributed by atoms with Gasteiger partial charge in [0.05, 0.1) is 11.0 Å². The van der Waals surface area contributed by atoms with Gasteiger partial charge in [0.2, 0.25) is 10.0 Å². The average Bonchev–Trinajstić information content (AvgIpc) is 2.27. The van der Waals surface area contributed by atoms with Crippen molar-refractivity contribution >= 4 is 10.0 Å². The first-order valence-corrected chi connectivity index (χ1v) is 6.60. The van der Waals surface area contributed by atoms with Crippen LogP contribution in [0.25, 0.3) is 0 Å². The number of aliphatic hydroxyl groups is 2. The minimum absolute atomic E-state index is 0.103. The van der Waals surface area contributed by atoms with Crippen molar-refractivity contribution in [3.05, 3.63) is 29.8 Å². The quantitative estimate of drug-likeness (QED) is 0.544. The van der Waals surface area contributed by atoms with E-state index < -0.39 is 22.2 Å². The van der Waals surface area contributed by atoms with Crippen molar-refractivity contribution in [2.75, 3.05) is 6.54 Å². The van der Waals surface area contributed by atoms with E-state index in [4.69, 9.17) is 10.9 Å². The topological polar surface area (TPSA) is 127 Å². The third kappa shape index (κ3) is 3.76. The Balaban J connectivity index is 3.00. The van der Waals surface area contributed by atoms with E-state index in [1.165, 1.54) is 24.3 Å². The normalized spacial score (nSPS) is 15.5. The standard InChI is InChI=1S/C10H16N2O4S/c11-5-4-9(13)10(14)7-2-1-3-8(6-7)17(12,15)16/h1-3,6,9-10,13-14H,4-5,11H2,(H2,12,15,16). The highest BCUT2D eigenvalue weighted by Crippen LogP contribution is 2.21. The molecule has 0 radical (unpaired) electrons. The van der Waals surface area contributed by atoms with E-state index in [2.05, 4.69) is 0 Å². The smallest absolute Gasteiger partial charge is 0.238 e. The maximum Gasteiger partial charge on any atom is 0.238 e. The predicted octanol–water partition coefficient (Wildman–Crippen LogP) is -0.923. The Morgan fingerprint density at radius 2 is 1.94 bits per heavy atom. The molecule has 17 heavy (non-hydrogen) atoms. The predicted molar refractivity (Wildman–Crippen MR) is 62.5 cm³/mol. The van der Waals surface area contributed by atoms with Crippen LogP contribution in [-0.2, 0) is 10.0 Å².